The van der Waals surface area contributed by atoms with Gasteiger partial charge in [-0.05, 0) is 0 Å². The predicted molar refractivity (Wildman–Crippen MR) is 64.2 cm³/mol. The third-order valence-corrected chi connectivity index (χ3v) is 4.36. The molecule has 0 aliphatic heterocycles. The number of halogens is 1. The van der Waals surface area contributed by atoms with Crippen LogP contribution in [-0.4, -0.2) is 44.6 Å². The molecule has 17 heavy (non-hydrogen) atoms. The average Bonchev–Trinajstić information content (AvgIpc) is 2.18. The lowest BCUT2D eigenvalue weighted by molar-refractivity contribution is 0.593. The molecule has 0 aliphatic rings. The molecule has 10 heteroatoms. The molecular weight excluding hydrogens is 290 g/mol. The summed E-state index contributed by atoms with van der Waals surface area (Å²) in [5.74, 6) is -1.15. The van der Waals surface area contributed by atoms with Gasteiger partial charge in [0.05, 0.1) is 11.5 Å². The number of rotatable bonds is 5. The number of nitrogens with one attached hydrogen (secondary N) is 1. The zero-order valence-electron chi connectivity index (χ0n) is 8.79. The first-order valence-electron chi connectivity index (χ1n) is 4.34. The highest BCUT2D eigenvalue weighted by atomic mass is 35.5. The Balaban J connectivity index is 2.78. The van der Waals surface area contributed by atoms with Crippen LogP contribution < -0.4 is 4.72 Å². The molecule has 0 aliphatic carbocycles. The topological polar surface area (TPSA) is 106 Å². The average molecular weight is 300 g/mol. The van der Waals surface area contributed by atoms with E-state index in [1.54, 1.807) is 0 Å². The molecule has 0 unspecified atom stereocenters. The van der Waals surface area contributed by atoms with E-state index in [2.05, 4.69) is 14.7 Å². The molecule has 96 valence electrons. The molecule has 0 aromatic carbocycles. The maximum absolute atomic E-state index is 11.5. The van der Waals surface area contributed by atoms with Gasteiger partial charge in [0.15, 0.2) is 11.0 Å². The lowest BCUT2D eigenvalue weighted by Gasteiger charge is -2.06. The van der Waals surface area contributed by atoms with Gasteiger partial charge in [-0.2, -0.15) is 0 Å². The van der Waals surface area contributed by atoms with Crippen molar-refractivity contribution in [2.45, 2.75) is 0 Å². The molecule has 1 aromatic heterocycles. The van der Waals surface area contributed by atoms with Crippen molar-refractivity contribution in [1.82, 2.24) is 9.97 Å². The van der Waals surface area contributed by atoms with E-state index < -0.39 is 31.4 Å². The number of anilines is 1. The summed E-state index contributed by atoms with van der Waals surface area (Å²) in [5, 5.41) is -0.101. The van der Waals surface area contributed by atoms with Crippen LogP contribution >= 0.6 is 11.6 Å². The van der Waals surface area contributed by atoms with Crippen LogP contribution in [0.25, 0.3) is 0 Å². The van der Waals surface area contributed by atoms with Crippen molar-refractivity contribution >= 4 is 37.3 Å². The van der Waals surface area contributed by atoms with Gasteiger partial charge in [0.25, 0.3) is 0 Å². The first-order chi connectivity index (χ1) is 7.70. The third-order valence-electron chi connectivity index (χ3n) is 1.63. The molecule has 0 radical (unpaired) electrons. The number of sulfonamides is 1. The van der Waals surface area contributed by atoms with Gasteiger partial charge in [-0.1, -0.05) is 11.6 Å². The van der Waals surface area contributed by atoms with E-state index in [0.717, 1.165) is 6.26 Å². The van der Waals surface area contributed by atoms with Crippen molar-refractivity contribution in [2.75, 3.05) is 22.5 Å². The molecule has 0 saturated heterocycles. The highest BCUT2D eigenvalue weighted by molar-refractivity contribution is 7.95. The molecule has 0 saturated carbocycles. The quantitative estimate of drug-likeness (QED) is 0.815. The fourth-order valence-corrected chi connectivity index (χ4v) is 3.69. The third kappa shape index (κ3) is 5.29. The van der Waals surface area contributed by atoms with Crippen LogP contribution in [-0.2, 0) is 19.9 Å². The standard InChI is InChI=1S/C7H10ClN3O4S2/c1-16(12,13)4-5-17(14,15)11-7-6(8)9-2-3-10-7/h2-3H,4-5H2,1H3,(H,10,11). The molecule has 1 heterocycles. The predicted octanol–water partition coefficient (Wildman–Crippen LogP) is -0.0837. The maximum Gasteiger partial charge on any atom is 0.234 e. The zero-order valence-corrected chi connectivity index (χ0v) is 11.2. The van der Waals surface area contributed by atoms with Gasteiger partial charge in [0.1, 0.15) is 9.84 Å². The second-order valence-corrected chi connectivity index (χ2v) is 7.71. The SMILES string of the molecule is CS(=O)(=O)CCS(=O)(=O)Nc1nccnc1Cl. The molecule has 0 atom stereocenters. The lowest BCUT2D eigenvalue weighted by atomic mass is 10.7. The minimum Gasteiger partial charge on any atom is -0.265 e. The van der Waals surface area contributed by atoms with E-state index in [0.29, 0.717) is 0 Å². The Morgan fingerprint density at radius 1 is 1.18 bits per heavy atom. The number of hydrogen-bond acceptors (Lipinski definition) is 6. The molecule has 7 nitrogen and oxygen atoms in total. The Hall–Kier alpha value is -0.930. The van der Waals surface area contributed by atoms with Gasteiger partial charge in [-0.15, -0.1) is 0 Å². The van der Waals surface area contributed by atoms with Crippen LogP contribution in [0.5, 0.6) is 0 Å². The Morgan fingerprint density at radius 2 is 1.76 bits per heavy atom. The molecule has 1 N–H and O–H groups in total. The number of hydrogen-bond donors (Lipinski definition) is 1. The van der Waals surface area contributed by atoms with Gasteiger partial charge in [-0.25, -0.2) is 26.8 Å². The molecule has 0 spiro atoms. The summed E-state index contributed by atoms with van der Waals surface area (Å²) in [7, 11) is -7.15. The van der Waals surface area contributed by atoms with Crippen molar-refractivity contribution in [1.29, 1.82) is 0 Å². The van der Waals surface area contributed by atoms with Crippen molar-refractivity contribution in [3.8, 4) is 0 Å². The Kier molecular flexibility index (Phi) is 4.28. The normalized spacial score (nSPS) is 12.4. The monoisotopic (exact) mass is 299 g/mol. The summed E-state index contributed by atoms with van der Waals surface area (Å²) < 4.78 is 46.8. The second kappa shape index (κ2) is 5.15. The molecule has 0 amide bonds. The van der Waals surface area contributed by atoms with Crippen LogP contribution in [0.3, 0.4) is 0 Å². The summed E-state index contributed by atoms with van der Waals surface area (Å²) in [6.45, 7) is 0. The van der Waals surface area contributed by atoms with Crippen molar-refractivity contribution in [3.63, 3.8) is 0 Å². The summed E-state index contributed by atoms with van der Waals surface area (Å²) in [6.07, 6.45) is 3.52. The van der Waals surface area contributed by atoms with Gasteiger partial charge >= 0.3 is 0 Å². The summed E-state index contributed by atoms with van der Waals surface area (Å²) >= 11 is 5.60. The van der Waals surface area contributed by atoms with E-state index in [4.69, 9.17) is 11.6 Å². The highest BCUT2D eigenvalue weighted by Crippen LogP contribution is 2.15. The lowest BCUT2D eigenvalue weighted by Crippen LogP contribution is -2.23. The van der Waals surface area contributed by atoms with Crippen molar-refractivity contribution in [2.24, 2.45) is 0 Å². The molecule has 1 aromatic rings. The van der Waals surface area contributed by atoms with Gasteiger partial charge in [-0.3, -0.25) is 4.72 Å². The maximum atomic E-state index is 11.5. The van der Waals surface area contributed by atoms with Crippen LogP contribution in [0.4, 0.5) is 5.82 Å². The van der Waals surface area contributed by atoms with Gasteiger partial charge in [0, 0.05) is 18.6 Å². The highest BCUT2D eigenvalue weighted by Gasteiger charge is 2.16. The molecular formula is C7H10ClN3O4S2. The minimum atomic E-state index is -3.81. The second-order valence-electron chi connectivity index (χ2n) is 3.25. The molecule has 1 rings (SSSR count). The van der Waals surface area contributed by atoms with E-state index in [9.17, 15) is 16.8 Å². The first kappa shape index (κ1) is 14.1. The smallest absolute Gasteiger partial charge is 0.234 e. The van der Waals surface area contributed by atoms with Crippen LogP contribution in [0, 0.1) is 0 Å². The van der Waals surface area contributed by atoms with E-state index in [-0.39, 0.29) is 11.0 Å². The number of sulfone groups is 1. The fourth-order valence-electron chi connectivity index (χ4n) is 0.849. The van der Waals surface area contributed by atoms with Crippen molar-refractivity contribution < 1.29 is 16.8 Å². The molecule has 0 bridgehead atoms. The summed E-state index contributed by atoms with van der Waals surface area (Å²) in [4.78, 5) is 7.30. The first-order valence-corrected chi connectivity index (χ1v) is 8.43. The van der Waals surface area contributed by atoms with Crippen LogP contribution in [0.15, 0.2) is 12.4 Å². The molecule has 0 fully saturated rings. The van der Waals surface area contributed by atoms with E-state index in [1.165, 1.54) is 12.4 Å². The Labute approximate surface area is 104 Å². The summed E-state index contributed by atoms with van der Waals surface area (Å²) in [6, 6.07) is 0. The number of aromatic nitrogens is 2. The van der Waals surface area contributed by atoms with E-state index in [1.807, 2.05) is 0 Å². The van der Waals surface area contributed by atoms with Gasteiger partial charge < -0.3 is 0 Å². The zero-order chi connectivity index (χ0) is 13.1. The summed E-state index contributed by atoms with van der Waals surface area (Å²) in [5.41, 5.74) is 0. The minimum absolute atomic E-state index is 0.101. The fraction of sp³-hybridized carbons (Fsp3) is 0.429. The Morgan fingerprint density at radius 3 is 2.29 bits per heavy atom. The van der Waals surface area contributed by atoms with Crippen LogP contribution in [0.2, 0.25) is 5.15 Å². The van der Waals surface area contributed by atoms with Crippen LogP contribution in [0.1, 0.15) is 0 Å². The van der Waals surface area contributed by atoms with Gasteiger partial charge in [0.2, 0.25) is 10.0 Å². The number of nitrogens with zero attached hydrogens (tertiary/aromatic N) is 2. The Bertz CT molecular complexity index is 599. The largest absolute Gasteiger partial charge is 0.265 e. The van der Waals surface area contributed by atoms with E-state index >= 15 is 0 Å². The van der Waals surface area contributed by atoms with Crippen molar-refractivity contribution in [3.05, 3.63) is 17.5 Å².